The Labute approximate surface area is 97.2 Å². The molecule has 0 aromatic carbocycles. The monoisotopic (exact) mass is 381 g/mol. The SMILES string of the molecule is NCC(I)CCCCCCI. The third-order valence-electron chi connectivity index (χ3n) is 1.66. The van der Waals surface area contributed by atoms with Gasteiger partial charge in [-0.15, -0.1) is 0 Å². The van der Waals surface area contributed by atoms with Gasteiger partial charge in [-0.3, -0.25) is 0 Å². The maximum atomic E-state index is 5.50. The van der Waals surface area contributed by atoms with Crippen LogP contribution in [0.2, 0.25) is 0 Å². The van der Waals surface area contributed by atoms with Gasteiger partial charge >= 0.3 is 0 Å². The molecule has 0 fully saturated rings. The molecule has 0 saturated heterocycles. The molecule has 1 atom stereocenters. The van der Waals surface area contributed by atoms with Crippen molar-refractivity contribution in [3.63, 3.8) is 0 Å². The fourth-order valence-corrected chi connectivity index (χ4v) is 1.91. The standard InChI is InChI=1S/C8H17I2N/c9-6-4-2-1-3-5-8(10)7-11/h8H,1-7,11H2. The molecule has 68 valence electrons. The molecular formula is C8H17I2N. The van der Waals surface area contributed by atoms with Gasteiger partial charge in [0.05, 0.1) is 0 Å². The van der Waals surface area contributed by atoms with Gasteiger partial charge in [0.2, 0.25) is 0 Å². The maximum absolute atomic E-state index is 5.50. The molecule has 0 aliphatic heterocycles. The number of unbranched alkanes of at least 4 members (excludes halogenated alkanes) is 3. The molecular weight excluding hydrogens is 364 g/mol. The van der Waals surface area contributed by atoms with Crippen molar-refractivity contribution in [2.24, 2.45) is 5.73 Å². The number of nitrogens with two attached hydrogens (primary N) is 1. The van der Waals surface area contributed by atoms with E-state index in [1.165, 1.54) is 36.5 Å². The first-order valence-corrected chi connectivity index (χ1v) is 6.98. The molecule has 0 aromatic heterocycles. The number of rotatable bonds is 7. The highest BCUT2D eigenvalue weighted by Crippen LogP contribution is 2.11. The largest absolute Gasteiger partial charge is 0.329 e. The summed E-state index contributed by atoms with van der Waals surface area (Å²) in [6.07, 6.45) is 6.84. The minimum Gasteiger partial charge on any atom is -0.329 e. The lowest BCUT2D eigenvalue weighted by atomic mass is 10.1. The smallest absolute Gasteiger partial charge is 0.0232 e. The van der Waals surface area contributed by atoms with Crippen LogP contribution in [0.4, 0.5) is 0 Å². The molecule has 0 amide bonds. The highest BCUT2D eigenvalue weighted by atomic mass is 127. The summed E-state index contributed by atoms with van der Waals surface area (Å²) in [6, 6.07) is 0. The minimum atomic E-state index is 0.701. The lowest BCUT2D eigenvalue weighted by Gasteiger charge is -2.04. The molecule has 0 bridgehead atoms. The highest BCUT2D eigenvalue weighted by Gasteiger charge is 1.99. The van der Waals surface area contributed by atoms with Crippen LogP contribution in [0.5, 0.6) is 0 Å². The molecule has 1 unspecified atom stereocenters. The molecule has 2 N–H and O–H groups in total. The predicted molar refractivity (Wildman–Crippen MR) is 68.8 cm³/mol. The predicted octanol–water partition coefficient (Wildman–Crippen LogP) is 3.13. The molecule has 0 saturated carbocycles. The van der Waals surface area contributed by atoms with Crippen molar-refractivity contribution in [1.82, 2.24) is 0 Å². The number of hydrogen-bond donors (Lipinski definition) is 1. The van der Waals surface area contributed by atoms with Crippen molar-refractivity contribution >= 4 is 45.2 Å². The summed E-state index contributed by atoms with van der Waals surface area (Å²) in [5.41, 5.74) is 5.50. The Balaban J connectivity index is 2.89. The van der Waals surface area contributed by atoms with E-state index in [9.17, 15) is 0 Å². The van der Waals surface area contributed by atoms with E-state index in [0.29, 0.717) is 3.92 Å². The lowest BCUT2D eigenvalue weighted by Crippen LogP contribution is -2.12. The molecule has 3 heteroatoms. The normalized spacial score (nSPS) is 13.4. The van der Waals surface area contributed by atoms with Gasteiger partial charge in [-0.2, -0.15) is 0 Å². The maximum Gasteiger partial charge on any atom is 0.0232 e. The first kappa shape index (κ1) is 12.4. The average Bonchev–Trinajstić information content (AvgIpc) is 2.04. The van der Waals surface area contributed by atoms with Crippen LogP contribution in [0.1, 0.15) is 32.1 Å². The van der Waals surface area contributed by atoms with Crippen LogP contribution in [0.3, 0.4) is 0 Å². The summed E-state index contributed by atoms with van der Waals surface area (Å²) in [5.74, 6) is 0. The molecule has 0 heterocycles. The van der Waals surface area contributed by atoms with Crippen LogP contribution in [-0.2, 0) is 0 Å². The highest BCUT2D eigenvalue weighted by molar-refractivity contribution is 14.1. The Kier molecular flexibility index (Phi) is 10.7. The van der Waals surface area contributed by atoms with Crippen molar-refractivity contribution in [3.05, 3.63) is 0 Å². The Bertz CT molecular complexity index is 78.5. The topological polar surface area (TPSA) is 26.0 Å². The van der Waals surface area contributed by atoms with Gasteiger partial charge in [0.1, 0.15) is 0 Å². The Morgan fingerprint density at radius 3 is 2.27 bits per heavy atom. The molecule has 0 aliphatic carbocycles. The van der Waals surface area contributed by atoms with Crippen LogP contribution in [0.25, 0.3) is 0 Å². The Morgan fingerprint density at radius 1 is 1.09 bits per heavy atom. The summed E-state index contributed by atoms with van der Waals surface area (Å²) in [5, 5.41) is 0. The van der Waals surface area contributed by atoms with Crippen LogP contribution in [0.15, 0.2) is 0 Å². The van der Waals surface area contributed by atoms with E-state index >= 15 is 0 Å². The first-order chi connectivity index (χ1) is 5.31. The second-order valence-electron chi connectivity index (χ2n) is 2.72. The Hall–Kier alpha value is 1.42. The van der Waals surface area contributed by atoms with Gasteiger partial charge in [0.25, 0.3) is 0 Å². The zero-order chi connectivity index (χ0) is 8.53. The molecule has 0 spiro atoms. The summed E-state index contributed by atoms with van der Waals surface area (Å²) < 4.78 is 2.01. The fourth-order valence-electron chi connectivity index (χ4n) is 0.932. The Morgan fingerprint density at radius 2 is 1.73 bits per heavy atom. The summed E-state index contributed by atoms with van der Waals surface area (Å²) in [6.45, 7) is 0.840. The molecule has 0 radical (unpaired) electrons. The molecule has 0 rings (SSSR count). The van der Waals surface area contributed by atoms with Gasteiger partial charge in [-0.25, -0.2) is 0 Å². The summed E-state index contributed by atoms with van der Waals surface area (Å²) in [7, 11) is 0. The number of halogens is 2. The van der Waals surface area contributed by atoms with Crippen LogP contribution >= 0.6 is 45.2 Å². The van der Waals surface area contributed by atoms with Crippen LogP contribution < -0.4 is 5.73 Å². The van der Waals surface area contributed by atoms with Crippen molar-refractivity contribution in [2.75, 3.05) is 11.0 Å². The second-order valence-corrected chi connectivity index (χ2v) is 5.57. The zero-order valence-electron chi connectivity index (χ0n) is 6.86. The van der Waals surface area contributed by atoms with E-state index in [-0.39, 0.29) is 0 Å². The van der Waals surface area contributed by atoms with Gasteiger partial charge in [-0.05, 0) is 17.3 Å². The van der Waals surface area contributed by atoms with E-state index in [1.54, 1.807) is 0 Å². The van der Waals surface area contributed by atoms with E-state index < -0.39 is 0 Å². The van der Waals surface area contributed by atoms with Crippen LogP contribution in [0, 0.1) is 0 Å². The van der Waals surface area contributed by atoms with Crippen molar-refractivity contribution < 1.29 is 0 Å². The average molecular weight is 381 g/mol. The number of hydrogen-bond acceptors (Lipinski definition) is 1. The second kappa shape index (κ2) is 9.51. The first-order valence-electron chi connectivity index (χ1n) is 4.21. The zero-order valence-corrected chi connectivity index (χ0v) is 11.2. The van der Waals surface area contributed by atoms with E-state index in [4.69, 9.17) is 5.73 Å². The molecule has 0 aromatic rings. The van der Waals surface area contributed by atoms with E-state index in [1.807, 2.05) is 0 Å². The van der Waals surface area contributed by atoms with Gasteiger partial charge in [0.15, 0.2) is 0 Å². The quantitative estimate of drug-likeness (QED) is 0.410. The van der Waals surface area contributed by atoms with Crippen molar-refractivity contribution in [1.29, 1.82) is 0 Å². The molecule has 11 heavy (non-hydrogen) atoms. The minimum absolute atomic E-state index is 0.701. The third-order valence-corrected chi connectivity index (χ3v) is 3.55. The lowest BCUT2D eigenvalue weighted by molar-refractivity contribution is 0.631. The van der Waals surface area contributed by atoms with Crippen molar-refractivity contribution in [2.45, 2.75) is 36.0 Å². The molecule has 0 aliphatic rings. The van der Waals surface area contributed by atoms with Gasteiger partial charge in [0, 0.05) is 10.5 Å². The van der Waals surface area contributed by atoms with E-state index in [0.717, 1.165) is 6.54 Å². The third kappa shape index (κ3) is 9.33. The van der Waals surface area contributed by atoms with E-state index in [2.05, 4.69) is 45.2 Å². The summed E-state index contributed by atoms with van der Waals surface area (Å²) >= 11 is 4.88. The van der Waals surface area contributed by atoms with Crippen molar-refractivity contribution in [3.8, 4) is 0 Å². The number of alkyl halides is 2. The fraction of sp³-hybridized carbons (Fsp3) is 1.00. The summed E-state index contributed by atoms with van der Waals surface area (Å²) in [4.78, 5) is 0. The molecule has 1 nitrogen and oxygen atoms in total. The van der Waals surface area contributed by atoms with Crippen LogP contribution in [-0.4, -0.2) is 14.9 Å². The van der Waals surface area contributed by atoms with Gasteiger partial charge in [-0.1, -0.05) is 64.4 Å². The van der Waals surface area contributed by atoms with Gasteiger partial charge < -0.3 is 5.73 Å².